The Bertz CT molecular complexity index is 524. The summed E-state index contributed by atoms with van der Waals surface area (Å²) in [6.45, 7) is 9.43. The van der Waals surface area contributed by atoms with Gasteiger partial charge in [-0.15, -0.1) is 0 Å². The highest BCUT2D eigenvalue weighted by Crippen LogP contribution is 2.07. The Morgan fingerprint density at radius 3 is 2.25 bits per heavy atom. The minimum Gasteiger partial charge on any atom is -0.444 e. The maximum atomic E-state index is 12.2. The van der Waals surface area contributed by atoms with Gasteiger partial charge in [-0.05, 0) is 40.2 Å². The van der Waals surface area contributed by atoms with Crippen molar-refractivity contribution in [2.24, 2.45) is 0 Å². The number of carbonyl (C=O) groups is 2. The summed E-state index contributed by atoms with van der Waals surface area (Å²) < 4.78 is 10.8. The first-order valence-electron chi connectivity index (χ1n) is 8.09. The van der Waals surface area contributed by atoms with E-state index in [0.717, 1.165) is 5.56 Å². The zero-order chi connectivity index (χ0) is 18.2. The van der Waals surface area contributed by atoms with E-state index in [0.29, 0.717) is 6.61 Å². The van der Waals surface area contributed by atoms with Gasteiger partial charge in [-0.25, -0.2) is 4.79 Å². The van der Waals surface area contributed by atoms with Crippen molar-refractivity contribution in [3.63, 3.8) is 0 Å². The lowest BCUT2D eigenvalue weighted by Gasteiger charge is -2.24. The molecule has 0 aliphatic carbocycles. The predicted octanol–water partition coefficient (Wildman–Crippen LogP) is 2.62. The fourth-order valence-corrected chi connectivity index (χ4v) is 1.89. The summed E-state index contributed by atoms with van der Waals surface area (Å²) in [7, 11) is 0. The molecule has 24 heavy (non-hydrogen) atoms. The third kappa shape index (κ3) is 8.53. The van der Waals surface area contributed by atoms with Crippen LogP contribution in [-0.2, 0) is 20.9 Å². The van der Waals surface area contributed by atoms with Crippen LogP contribution in [-0.4, -0.2) is 36.3 Å². The van der Waals surface area contributed by atoms with E-state index in [-0.39, 0.29) is 18.6 Å². The van der Waals surface area contributed by atoms with E-state index in [1.807, 2.05) is 44.2 Å². The number of ether oxygens (including phenoxy) is 2. The monoisotopic (exact) mass is 336 g/mol. The van der Waals surface area contributed by atoms with Crippen molar-refractivity contribution in [1.82, 2.24) is 10.6 Å². The molecule has 0 aliphatic rings. The molecule has 0 bridgehead atoms. The minimum absolute atomic E-state index is 0.0328. The van der Waals surface area contributed by atoms with Crippen molar-refractivity contribution in [2.75, 3.05) is 6.61 Å². The van der Waals surface area contributed by atoms with Gasteiger partial charge in [-0.2, -0.15) is 0 Å². The lowest BCUT2D eigenvalue weighted by molar-refractivity contribution is -0.125. The molecule has 2 N–H and O–H groups in total. The molecule has 0 unspecified atom stereocenters. The zero-order valence-electron chi connectivity index (χ0n) is 15.1. The standard InChI is InChI=1S/C18H28N2O4/c1-13(2)19-16(21)15(20-17(22)24-18(3,4)5)12-23-11-14-9-7-6-8-10-14/h6-10,13,15H,11-12H2,1-5H3,(H,19,21)(H,20,22)/t15-/m0/s1. The molecule has 1 aromatic carbocycles. The van der Waals surface area contributed by atoms with Gasteiger partial charge >= 0.3 is 6.09 Å². The molecule has 0 aromatic heterocycles. The summed E-state index contributed by atoms with van der Waals surface area (Å²) in [5, 5.41) is 5.34. The average Bonchev–Trinajstić information content (AvgIpc) is 2.44. The van der Waals surface area contributed by atoms with Crippen LogP contribution in [0.5, 0.6) is 0 Å². The predicted molar refractivity (Wildman–Crippen MR) is 92.5 cm³/mol. The number of hydrogen-bond acceptors (Lipinski definition) is 4. The molecule has 1 atom stereocenters. The summed E-state index contributed by atoms with van der Waals surface area (Å²) in [5.74, 6) is -0.302. The van der Waals surface area contributed by atoms with Crippen molar-refractivity contribution in [1.29, 1.82) is 0 Å². The zero-order valence-corrected chi connectivity index (χ0v) is 15.1. The molecule has 0 spiro atoms. The van der Waals surface area contributed by atoms with Crippen LogP contribution in [0.1, 0.15) is 40.2 Å². The summed E-state index contributed by atoms with van der Waals surface area (Å²) >= 11 is 0. The summed E-state index contributed by atoms with van der Waals surface area (Å²) in [5.41, 5.74) is 0.367. The minimum atomic E-state index is -0.814. The normalized spacial score (nSPS) is 12.6. The van der Waals surface area contributed by atoms with Crippen molar-refractivity contribution < 1.29 is 19.1 Å². The van der Waals surface area contributed by atoms with Crippen LogP contribution in [0.15, 0.2) is 30.3 Å². The van der Waals surface area contributed by atoms with Gasteiger partial charge in [0.15, 0.2) is 0 Å². The fraction of sp³-hybridized carbons (Fsp3) is 0.556. The van der Waals surface area contributed by atoms with E-state index in [2.05, 4.69) is 10.6 Å². The SMILES string of the molecule is CC(C)NC(=O)[C@H](COCc1ccccc1)NC(=O)OC(C)(C)C. The van der Waals surface area contributed by atoms with Crippen molar-refractivity contribution in [3.05, 3.63) is 35.9 Å². The summed E-state index contributed by atoms with van der Waals surface area (Å²) in [6, 6.07) is 8.78. The first-order valence-corrected chi connectivity index (χ1v) is 8.09. The Labute approximate surface area is 143 Å². The number of alkyl carbamates (subject to hydrolysis) is 1. The third-order valence-electron chi connectivity index (χ3n) is 2.83. The number of carbonyl (C=O) groups excluding carboxylic acids is 2. The van der Waals surface area contributed by atoms with E-state index in [9.17, 15) is 9.59 Å². The second-order valence-electron chi connectivity index (χ2n) is 6.86. The molecule has 6 nitrogen and oxygen atoms in total. The van der Waals surface area contributed by atoms with Crippen molar-refractivity contribution in [3.8, 4) is 0 Å². The molecular weight excluding hydrogens is 308 g/mol. The first-order chi connectivity index (χ1) is 11.2. The quantitative estimate of drug-likeness (QED) is 0.802. The number of nitrogens with one attached hydrogen (secondary N) is 2. The average molecular weight is 336 g/mol. The van der Waals surface area contributed by atoms with Crippen LogP contribution in [0.2, 0.25) is 0 Å². The lowest BCUT2D eigenvalue weighted by atomic mass is 10.2. The van der Waals surface area contributed by atoms with E-state index in [1.165, 1.54) is 0 Å². The van der Waals surface area contributed by atoms with Gasteiger partial charge in [0.1, 0.15) is 11.6 Å². The van der Waals surface area contributed by atoms with Gasteiger partial charge in [0, 0.05) is 6.04 Å². The Hall–Kier alpha value is -2.08. The van der Waals surface area contributed by atoms with Crippen LogP contribution in [0.25, 0.3) is 0 Å². The smallest absolute Gasteiger partial charge is 0.408 e. The van der Waals surface area contributed by atoms with Gasteiger partial charge in [0.2, 0.25) is 5.91 Å². The van der Waals surface area contributed by atoms with Gasteiger partial charge in [0.25, 0.3) is 0 Å². The summed E-state index contributed by atoms with van der Waals surface area (Å²) in [4.78, 5) is 24.2. The van der Waals surface area contributed by atoms with Crippen LogP contribution in [0.4, 0.5) is 4.79 Å². The molecule has 0 saturated carbocycles. The molecule has 1 rings (SSSR count). The molecule has 6 heteroatoms. The van der Waals surface area contributed by atoms with E-state index >= 15 is 0 Å². The Morgan fingerprint density at radius 2 is 1.71 bits per heavy atom. The maximum absolute atomic E-state index is 12.2. The van der Waals surface area contributed by atoms with Crippen LogP contribution < -0.4 is 10.6 Å². The van der Waals surface area contributed by atoms with Gasteiger partial charge in [-0.1, -0.05) is 30.3 Å². The van der Waals surface area contributed by atoms with Crippen LogP contribution in [0.3, 0.4) is 0 Å². The largest absolute Gasteiger partial charge is 0.444 e. The highest BCUT2D eigenvalue weighted by Gasteiger charge is 2.25. The molecule has 0 heterocycles. The fourth-order valence-electron chi connectivity index (χ4n) is 1.89. The van der Waals surface area contributed by atoms with Gasteiger partial charge in [-0.3, -0.25) is 4.79 Å². The van der Waals surface area contributed by atoms with E-state index in [4.69, 9.17) is 9.47 Å². The Balaban J connectivity index is 2.60. The molecule has 1 aromatic rings. The highest BCUT2D eigenvalue weighted by molar-refractivity contribution is 5.86. The van der Waals surface area contributed by atoms with Crippen LogP contribution >= 0.6 is 0 Å². The maximum Gasteiger partial charge on any atom is 0.408 e. The molecule has 0 aliphatic heterocycles. The molecule has 134 valence electrons. The second-order valence-corrected chi connectivity index (χ2v) is 6.86. The topological polar surface area (TPSA) is 76.7 Å². The molecule has 0 fully saturated rings. The lowest BCUT2D eigenvalue weighted by Crippen LogP contribution is -2.51. The van der Waals surface area contributed by atoms with Gasteiger partial charge < -0.3 is 20.1 Å². The van der Waals surface area contributed by atoms with Gasteiger partial charge in [0.05, 0.1) is 13.2 Å². The third-order valence-corrected chi connectivity index (χ3v) is 2.83. The number of rotatable bonds is 7. The number of hydrogen-bond donors (Lipinski definition) is 2. The molecule has 2 amide bonds. The van der Waals surface area contributed by atoms with Crippen LogP contribution in [0, 0.1) is 0 Å². The second kappa shape index (κ2) is 9.27. The van der Waals surface area contributed by atoms with E-state index in [1.54, 1.807) is 20.8 Å². The number of benzene rings is 1. The molecular formula is C18H28N2O4. The first kappa shape index (κ1) is 20.0. The molecule has 0 saturated heterocycles. The van der Waals surface area contributed by atoms with Crippen molar-refractivity contribution in [2.45, 2.75) is 58.9 Å². The number of amides is 2. The summed E-state index contributed by atoms with van der Waals surface area (Å²) in [6.07, 6.45) is -0.644. The Kier molecular flexibility index (Phi) is 7.71. The Morgan fingerprint density at radius 1 is 1.08 bits per heavy atom. The van der Waals surface area contributed by atoms with Crippen molar-refractivity contribution >= 4 is 12.0 Å². The highest BCUT2D eigenvalue weighted by atomic mass is 16.6. The molecule has 0 radical (unpaired) electrons. The van der Waals surface area contributed by atoms with E-state index < -0.39 is 17.7 Å².